The molecule has 0 unspecified atom stereocenters. The third-order valence-corrected chi connectivity index (χ3v) is 3.50. The normalized spacial score (nSPS) is 13.3. The molecular formula is C13H27N5. The van der Waals surface area contributed by atoms with E-state index in [2.05, 4.69) is 69.3 Å². The number of aromatic nitrogens is 4. The number of nitrogens with zero attached hydrogens (tertiary/aromatic N) is 4. The van der Waals surface area contributed by atoms with E-state index in [1.54, 1.807) is 0 Å². The van der Waals surface area contributed by atoms with E-state index in [1.165, 1.54) is 0 Å². The Bertz CT molecular complexity index is 373. The van der Waals surface area contributed by atoms with Crippen molar-refractivity contribution in [3.05, 3.63) is 5.82 Å². The lowest BCUT2D eigenvalue weighted by molar-refractivity contribution is 0.195. The molecule has 1 aromatic rings. The molecule has 104 valence electrons. The van der Waals surface area contributed by atoms with Crippen LogP contribution in [-0.4, -0.2) is 25.7 Å². The first-order valence-corrected chi connectivity index (χ1v) is 6.62. The minimum atomic E-state index is 0.0738. The lowest BCUT2D eigenvalue weighted by Gasteiger charge is -2.29. The van der Waals surface area contributed by atoms with Gasteiger partial charge < -0.3 is 5.32 Å². The van der Waals surface area contributed by atoms with Crippen molar-refractivity contribution in [3.63, 3.8) is 0 Å². The standard InChI is InChI=1S/C13H27N5/c1-10(2)13(6,7)9-18-11(15-16-17-18)8-14-12(3,4)5/h10,14H,8-9H2,1-7H3. The van der Waals surface area contributed by atoms with E-state index in [0.717, 1.165) is 12.4 Å². The summed E-state index contributed by atoms with van der Waals surface area (Å²) in [4.78, 5) is 0. The van der Waals surface area contributed by atoms with Crippen LogP contribution in [0.1, 0.15) is 54.3 Å². The van der Waals surface area contributed by atoms with Crippen LogP contribution in [0.4, 0.5) is 0 Å². The van der Waals surface area contributed by atoms with Crippen molar-refractivity contribution in [2.24, 2.45) is 11.3 Å². The van der Waals surface area contributed by atoms with Crippen LogP contribution in [0, 0.1) is 11.3 Å². The molecule has 0 bridgehead atoms. The molecule has 0 radical (unpaired) electrons. The van der Waals surface area contributed by atoms with Crippen molar-refractivity contribution in [3.8, 4) is 0 Å². The van der Waals surface area contributed by atoms with Gasteiger partial charge in [-0.05, 0) is 42.5 Å². The van der Waals surface area contributed by atoms with Gasteiger partial charge in [-0.3, -0.25) is 0 Å². The topological polar surface area (TPSA) is 55.6 Å². The molecule has 1 aromatic heterocycles. The maximum absolute atomic E-state index is 4.10. The number of tetrazole rings is 1. The van der Waals surface area contributed by atoms with Crippen LogP contribution in [0.2, 0.25) is 0 Å². The summed E-state index contributed by atoms with van der Waals surface area (Å²) >= 11 is 0. The fourth-order valence-corrected chi connectivity index (χ4v) is 1.39. The Labute approximate surface area is 110 Å². The number of rotatable bonds is 5. The molecule has 0 aromatic carbocycles. The van der Waals surface area contributed by atoms with Crippen LogP contribution in [0.5, 0.6) is 0 Å². The molecule has 0 amide bonds. The quantitative estimate of drug-likeness (QED) is 0.874. The summed E-state index contributed by atoms with van der Waals surface area (Å²) in [6.07, 6.45) is 0. The van der Waals surface area contributed by atoms with Gasteiger partial charge in [-0.1, -0.05) is 27.7 Å². The minimum Gasteiger partial charge on any atom is -0.305 e. The van der Waals surface area contributed by atoms with Gasteiger partial charge in [0, 0.05) is 5.54 Å². The fraction of sp³-hybridized carbons (Fsp3) is 0.923. The molecule has 0 saturated carbocycles. The summed E-state index contributed by atoms with van der Waals surface area (Å²) in [6.45, 7) is 16.9. The van der Waals surface area contributed by atoms with E-state index in [-0.39, 0.29) is 11.0 Å². The third-order valence-electron chi connectivity index (χ3n) is 3.50. The first kappa shape index (κ1) is 15.1. The van der Waals surface area contributed by atoms with Crippen molar-refractivity contribution < 1.29 is 0 Å². The summed E-state index contributed by atoms with van der Waals surface area (Å²) in [7, 11) is 0. The highest BCUT2D eigenvalue weighted by atomic mass is 15.5. The summed E-state index contributed by atoms with van der Waals surface area (Å²) in [5.41, 5.74) is 0.260. The van der Waals surface area contributed by atoms with Crippen LogP contribution >= 0.6 is 0 Å². The van der Waals surface area contributed by atoms with E-state index in [4.69, 9.17) is 0 Å². The second-order valence-corrected chi connectivity index (χ2v) is 7.00. The fourth-order valence-electron chi connectivity index (χ4n) is 1.39. The highest BCUT2D eigenvalue weighted by Gasteiger charge is 2.25. The molecular weight excluding hydrogens is 226 g/mol. The molecule has 1 heterocycles. The van der Waals surface area contributed by atoms with Crippen molar-refractivity contribution in [1.29, 1.82) is 0 Å². The molecule has 0 saturated heterocycles. The number of hydrogen-bond donors (Lipinski definition) is 1. The lowest BCUT2D eigenvalue weighted by Crippen LogP contribution is -2.36. The minimum absolute atomic E-state index is 0.0738. The molecule has 0 spiro atoms. The molecule has 0 fully saturated rings. The average Bonchev–Trinajstić information content (AvgIpc) is 2.60. The van der Waals surface area contributed by atoms with E-state index >= 15 is 0 Å². The van der Waals surface area contributed by atoms with Crippen molar-refractivity contribution in [2.75, 3.05) is 0 Å². The predicted molar refractivity (Wildman–Crippen MR) is 73.0 cm³/mol. The molecule has 18 heavy (non-hydrogen) atoms. The molecule has 0 atom stereocenters. The Morgan fingerprint density at radius 1 is 1.17 bits per heavy atom. The SMILES string of the molecule is CC(C)C(C)(C)Cn1nnnc1CNC(C)(C)C. The van der Waals surface area contributed by atoms with Crippen molar-refractivity contribution >= 4 is 0 Å². The smallest absolute Gasteiger partial charge is 0.165 e. The summed E-state index contributed by atoms with van der Waals surface area (Å²) in [5.74, 6) is 1.49. The third kappa shape index (κ3) is 4.37. The average molecular weight is 253 g/mol. The van der Waals surface area contributed by atoms with Gasteiger partial charge in [0.1, 0.15) is 0 Å². The largest absolute Gasteiger partial charge is 0.305 e. The number of hydrogen-bond acceptors (Lipinski definition) is 4. The second kappa shape index (κ2) is 5.34. The summed E-state index contributed by atoms with van der Waals surface area (Å²) < 4.78 is 1.92. The second-order valence-electron chi connectivity index (χ2n) is 7.00. The highest BCUT2D eigenvalue weighted by molar-refractivity contribution is 4.85. The molecule has 1 N–H and O–H groups in total. The predicted octanol–water partition coefficient (Wildman–Crippen LogP) is 2.24. The Hall–Kier alpha value is -0.970. The Morgan fingerprint density at radius 2 is 1.78 bits per heavy atom. The Kier molecular flexibility index (Phi) is 4.48. The Morgan fingerprint density at radius 3 is 2.28 bits per heavy atom. The zero-order valence-corrected chi connectivity index (χ0v) is 12.8. The van der Waals surface area contributed by atoms with Gasteiger partial charge in [0.25, 0.3) is 0 Å². The maximum atomic E-state index is 4.10. The lowest BCUT2D eigenvalue weighted by atomic mass is 9.81. The first-order chi connectivity index (χ1) is 8.12. The van der Waals surface area contributed by atoms with Gasteiger partial charge in [0.2, 0.25) is 0 Å². The van der Waals surface area contributed by atoms with Crippen LogP contribution in [0.3, 0.4) is 0 Å². The molecule has 5 heteroatoms. The van der Waals surface area contributed by atoms with E-state index in [0.29, 0.717) is 12.5 Å². The first-order valence-electron chi connectivity index (χ1n) is 6.62. The monoisotopic (exact) mass is 253 g/mol. The van der Waals surface area contributed by atoms with Gasteiger partial charge in [-0.2, -0.15) is 0 Å². The molecule has 0 aliphatic rings. The van der Waals surface area contributed by atoms with Gasteiger partial charge in [0.15, 0.2) is 5.82 Å². The van der Waals surface area contributed by atoms with Crippen LogP contribution in [-0.2, 0) is 13.1 Å². The van der Waals surface area contributed by atoms with Crippen LogP contribution < -0.4 is 5.32 Å². The van der Waals surface area contributed by atoms with E-state index in [9.17, 15) is 0 Å². The summed E-state index contributed by atoms with van der Waals surface area (Å²) in [6, 6.07) is 0. The van der Waals surface area contributed by atoms with Crippen LogP contribution in [0.25, 0.3) is 0 Å². The molecule has 0 aliphatic carbocycles. The van der Waals surface area contributed by atoms with Crippen molar-refractivity contribution in [2.45, 2.75) is 67.1 Å². The zero-order chi connectivity index (χ0) is 14.0. The highest BCUT2D eigenvalue weighted by Crippen LogP contribution is 2.27. The van der Waals surface area contributed by atoms with Gasteiger partial charge >= 0.3 is 0 Å². The van der Waals surface area contributed by atoms with Gasteiger partial charge in [0.05, 0.1) is 13.1 Å². The van der Waals surface area contributed by atoms with Crippen molar-refractivity contribution in [1.82, 2.24) is 25.5 Å². The maximum Gasteiger partial charge on any atom is 0.165 e. The number of nitrogens with one attached hydrogen (secondary N) is 1. The van der Waals surface area contributed by atoms with Crippen LogP contribution in [0.15, 0.2) is 0 Å². The molecule has 1 rings (SSSR count). The molecule has 5 nitrogen and oxygen atoms in total. The summed E-state index contributed by atoms with van der Waals surface area (Å²) in [5, 5.41) is 15.4. The Balaban J connectivity index is 2.71. The van der Waals surface area contributed by atoms with E-state index < -0.39 is 0 Å². The zero-order valence-electron chi connectivity index (χ0n) is 12.8. The van der Waals surface area contributed by atoms with Gasteiger partial charge in [-0.15, -0.1) is 5.10 Å². The van der Waals surface area contributed by atoms with E-state index in [1.807, 2.05) is 4.68 Å². The van der Waals surface area contributed by atoms with Gasteiger partial charge in [-0.25, -0.2) is 4.68 Å². The molecule has 0 aliphatic heterocycles.